The van der Waals surface area contributed by atoms with E-state index in [-0.39, 0.29) is 6.61 Å². The van der Waals surface area contributed by atoms with E-state index in [0.29, 0.717) is 12.3 Å². The zero-order valence-electron chi connectivity index (χ0n) is 11.5. The van der Waals surface area contributed by atoms with Gasteiger partial charge in [0.25, 0.3) is 0 Å². The van der Waals surface area contributed by atoms with Crippen molar-refractivity contribution in [2.75, 3.05) is 0 Å². The van der Waals surface area contributed by atoms with Gasteiger partial charge in [-0.25, -0.2) is 0 Å². The first-order chi connectivity index (χ1) is 10.3. The van der Waals surface area contributed by atoms with Gasteiger partial charge in [0.1, 0.15) is 11.5 Å². The molecule has 4 nitrogen and oxygen atoms in total. The number of aromatic nitrogens is 1. The second-order valence-corrected chi connectivity index (χ2v) is 4.74. The van der Waals surface area contributed by atoms with Gasteiger partial charge in [0.15, 0.2) is 0 Å². The van der Waals surface area contributed by atoms with Crippen LogP contribution in [0.3, 0.4) is 0 Å². The Morgan fingerprint density at radius 2 is 1.95 bits per heavy atom. The van der Waals surface area contributed by atoms with E-state index in [1.807, 2.05) is 48.5 Å². The highest BCUT2D eigenvalue weighted by atomic mass is 16.5. The molecule has 1 heterocycles. The van der Waals surface area contributed by atoms with E-state index in [1.54, 1.807) is 6.20 Å². The van der Waals surface area contributed by atoms with Crippen LogP contribution in [-0.2, 0) is 13.2 Å². The van der Waals surface area contributed by atoms with Crippen LogP contribution in [0.25, 0.3) is 10.9 Å². The van der Waals surface area contributed by atoms with Crippen LogP contribution in [-0.4, -0.2) is 10.1 Å². The third kappa shape index (κ3) is 2.72. The maximum absolute atomic E-state index is 9.22. The van der Waals surface area contributed by atoms with Crippen molar-refractivity contribution in [3.8, 4) is 11.5 Å². The normalized spacial score (nSPS) is 10.8. The molecular formula is C17H16N2O2. The van der Waals surface area contributed by atoms with E-state index < -0.39 is 0 Å². The molecule has 3 N–H and O–H groups in total. The number of hydrogen-bond donors (Lipinski definition) is 2. The van der Waals surface area contributed by atoms with Crippen LogP contribution in [0.1, 0.15) is 11.1 Å². The molecule has 0 unspecified atom stereocenters. The zero-order chi connectivity index (χ0) is 14.7. The number of nitrogens with two attached hydrogens (primary N) is 1. The van der Waals surface area contributed by atoms with Gasteiger partial charge in [-0.2, -0.15) is 0 Å². The molecule has 4 heteroatoms. The van der Waals surface area contributed by atoms with Crippen molar-refractivity contribution >= 4 is 10.9 Å². The van der Waals surface area contributed by atoms with Crippen LogP contribution in [0.5, 0.6) is 11.5 Å². The summed E-state index contributed by atoms with van der Waals surface area (Å²) in [5.74, 6) is 1.39. The fourth-order valence-corrected chi connectivity index (χ4v) is 2.25. The summed E-state index contributed by atoms with van der Waals surface area (Å²) in [6, 6.07) is 15.2. The van der Waals surface area contributed by atoms with Gasteiger partial charge in [-0.15, -0.1) is 0 Å². The van der Waals surface area contributed by atoms with Gasteiger partial charge in [0.2, 0.25) is 0 Å². The van der Waals surface area contributed by atoms with Gasteiger partial charge < -0.3 is 15.6 Å². The number of benzene rings is 2. The monoisotopic (exact) mass is 280 g/mol. The maximum Gasteiger partial charge on any atom is 0.142 e. The summed E-state index contributed by atoms with van der Waals surface area (Å²) in [4.78, 5) is 4.39. The van der Waals surface area contributed by atoms with Crippen LogP contribution in [0, 0.1) is 0 Å². The van der Waals surface area contributed by atoms with Crippen molar-refractivity contribution in [3.05, 3.63) is 65.9 Å². The van der Waals surface area contributed by atoms with Gasteiger partial charge >= 0.3 is 0 Å². The molecule has 0 aliphatic carbocycles. The van der Waals surface area contributed by atoms with Crippen LogP contribution in [0.15, 0.2) is 54.7 Å². The van der Waals surface area contributed by atoms with Gasteiger partial charge in [-0.05, 0) is 29.8 Å². The third-order valence-corrected chi connectivity index (χ3v) is 3.32. The van der Waals surface area contributed by atoms with Crippen LogP contribution < -0.4 is 10.5 Å². The average Bonchev–Trinajstić information content (AvgIpc) is 2.55. The summed E-state index contributed by atoms with van der Waals surface area (Å²) in [6.07, 6.45) is 1.74. The molecule has 0 aliphatic rings. The van der Waals surface area contributed by atoms with Crippen LogP contribution >= 0.6 is 0 Å². The lowest BCUT2D eigenvalue weighted by molar-refractivity contribution is 0.281. The molecule has 0 amide bonds. The Bertz CT molecular complexity index is 772. The highest BCUT2D eigenvalue weighted by Crippen LogP contribution is 2.32. The summed E-state index contributed by atoms with van der Waals surface area (Å²) in [5, 5.41) is 10.1. The van der Waals surface area contributed by atoms with Crippen molar-refractivity contribution in [2.24, 2.45) is 5.73 Å². The Balaban J connectivity index is 2.09. The molecule has 2 aromatic carbocycles. The van der Waals surface area contributed by atoms with E-state index in [1.165, 1.54) is 0 Å². The lowest BCUT2D eigenvalue weighted by atomic mass is 10.1. The molecule has 0 bridgehead atoms. The first kappa shape index (κ1) is 13.5. The Labute approximate surface area is 122 Å². The molecule has 3 rings (SSSR count). The molecular weight excluding hydrogens is 264 g/mol. The third-order valence-electron chi connectivity index (χ3n) is 3.32. The number of rotatable bonds is 4. The number of hydrogen-bond acceptors (Lipinski definition) is 4. The summed E-state index contributed by atoms with van der Waals surface area (Å²) >= 11 is 0. The predicted octanol–water partition coefficient (Wildman–Crippen LogP) is 2.98. The molecule has 1 aromatic heterocycles. The second-order valence-electron chi connectivity index (χ2n) is 4.74. The van der Waals surface area contributed by atoms with Crippen molar-refractivity contribution in [3.63, 3.8) is 0 Å². The first-order valence-corrected chi connectivity index (χ1v) is 6.76. The van der Waals surface area contributed by atoms with Crippen molar-refractivity contribution in [2.45, 2.75) is 13.2 Å². The van der Waals surface area contributed by atoms with Crippen LogP contribution in [0.2, 0.25) is 0 Å². The molecule has 0 aliphatic heterocycles. The van der Waals surface area contributed by atoms with Crippen molar-refractivity contribution < 1.29 is 9.84 Å². The Hall–Kier alpha value is -2.43. The number of pyridine rings is 1. The van der Waals surface area contributed by atoms with E-state index in [9.17, 15) is 5.11 Å². The van der Waals surface area contributed by atoms with Gasteiger partial charge in [-0.3, -0.25) is 4.98 Å². The number of ether oxygens (including phenoxy) is 1. The minimum absolute atomic E-state index is 0.0158. The molecule has 0 fully saturated rings. The van der Waals surface area contributed by atoms with Gasteiger partial charge in [0, 0.05) is 23.7 Å². The lowest BCUT2D eigenvalue weighted by Gasteiger charge is -2.13. The summed E-state index contributed by atoms with van der Waals surface area (Å²) in [5.41, 5.74) is 8.31. The average molecular weight is 280 g/mol. The second kappa shape index (κ2) is 5.91. The standard InChI is InChI=1S/C17H16N2O2/c18-9-13-10-19-16-7-2-1-6-15(16)17(13)21-14-5-3-4-12(8-14)11-20/h1-8,10,20H,9,11,18H2. The zero-order valence-corrected chi connectivity index (χ0v) is 11.5. The quantitative estimate of drug-likeness (QED) is 0.771. The number of fused-ring (bicyclic) bond motifs is 1. The fourth-order valence-electron chi connectivity index (χ4n) is 2.25. The lowest BCUT2D eigenvalue weighted by Crippen LogP contribution is -2.01. The van der Waals surface area contributed by atoms with E-state index in [0.717, 1.165) is 27.8 Å². The Morgan fingerprint density at radius 3 is 2.76 bits per heavy atom. The molecule has 21 heavy (non-hydrogen) atoms. The molecule has 0 saturated carbocycles. The largest absolute Gasteiger partial charge is 0.456 e. The Morgan fingerprint density at radius 1 is 1.10 bits per heavy atom. The number of para-hydroxylation sites is 1. The number of aliphatic hydroxyl groups is 1. The molecule has 3 aromatic rings. The van der Waals surface area contributed by atoms with Gasteiger partial charge in [-0.1, -0.05) is 24.3 Å². The topological polar surface area (TPSA) is 68.4 Å². The summed E-state index contributed by atoms with van der Waals surface area (Å²) < 4.78 is 6.03. The van der Waals surface area contributed by atoms with E-state index >= 15 is 0 Å². The van der Waals surface area contributed by atoms with Crippen LogP contribution in [0.4, 0.5) is 0 Å². The minimum Gasteiger partial charge on any atom is -0.456 e. The van der Waals surface area contributed by atoms with Gasteiger partial charge in [0.05, 0.1) is 12.1 Å². The minimum atomic E-state index is -0.0158. The maximum atomic E-state index is 9.22. The first-order valence-electron chi connectivity index (χ1n) is 6.76. The smallest absolute Gasteiger partial charge is 0.142 e. The fraction of sp³-hybridized carbons (Fsp3) is 0.118. The molecule has 0 atom stereocenters. The number of aliphatic hydroxyl groups excluding tert-OH is 1. The highest BCUT2D eigenvalue weighted by molar-refractivity contribution is 5.86. The highest BCUT2D eigenvalue weighted by Gasteiger charge is 2.10. The predicted molar refractivity (Wildman–Crippen MR) is 82.1 cm³/mol. The molecule has 106 valence electrons. The summed E-state index contributed by atoms with van der Waals surface area (Å²) in [7, 11) is 0. The molecule has 0 radical (unpaired) electrons. The summed E-state index contributed by atoms with van der Waals surface area (Å²) in [6.45, 7) is 0.338. The van der Waals surface area contributed by atoms with E-state index in [2.05, 4.69) is 4.98 Å². The van der Waals surface area contributed by atoms with Crippen molar-refractivity contribution in [1.29, 1.82) is 0 Å². The SMILES string of the molecule is NCc1cnc2ccccc2c1Oc1cccc(CO)c1. The van der Waals surface area contributed by atoms with E-state index in [4.69, 9.17) is 10.5 Å². The number of nitrogens with zero attached hydrogens (tertiary/aromatic N) is 1. The van der Waals surface area contributed by atoms with Crippen molar-refractivity contribution in [1.82, 2.24) is 4.98 Å². The molecule has 0 saturated heterocycles. The Kier molecular flexibility index (Phi) is 3.81. The molecule has 0 spiro atoms.